The van der Waals surface area contributed by atoms with Gasteiger partial charge in [0.15, 0.2) is 9.67 Å². The Bertz CT molecular complexity index is 77.0. The van der Waals surface area contributed by atoms with Crippen molar-refractivity contribution in [2.75, 3.05) is 0 Å². The average Bonchev–Trinajstić information content (AvgIpc) is 1.65. The van der Waals surface area contributed by atoms with Crippen LogP contribution in [0.1, 0.15) is 0 Å². The van der Waals surface area contributed by atoms with Gasteiger partial charge in [0.1, 0.15) is 0 Å². The molecule has 0 saturated carbocycles. The van der Waals surface area contributed by atoms with Crippen molar-refractivity contribution in [3.8, 4) is 0 Å². The fourth-order valence-corrected chi connectivity index (χ4v) is 0.643. The molecule has 4 heteroatoms. The molecule has 0 aromatic carbocycles. The third-order valence-corrected chi connectivity index (χ3v) is 2.17. The molecule has 0 spiro atoms. The molecule has 9 heavy (non-hydrogen) atoms. The van der Waals surface area contributed by atoms with E-state index in [1.807, 2.05) is 0 Å². The lowest BCUT2D eigenvalue weighted by molar-refractivity contribution is 0.712. The van der Waals surface area contributed by atoms with Gasteiger partial charge in [-0.15, -0.1) is 0 Å². The van der Waals surface area contributed by atoms with Crippen molar-refractivity contribution < 1.29 is 0 Å². The highest BCUT2D eigenvalue weighted by Gasteiger charge is 2.35. The van der Waals surface area contributed by atoms with E-state index in [2.05, 4.69) is 13.8 Å². The smallest absolute Gasteiger partial charge is 0.0975 e. The molecule has 0 aliphatic heterocycles. The van der Waals surface area contributed by atoms with E-state index in [1.54, 1.807) is 0 Å². The Morgan fingerprint density at radius 3 is 1.11 bits per heavy atom. The number of rotatable bonds is 2. The van der Waals surface area contributed by atoms with Gasteiger partial charge in [0.25, 0.3) is 0 Å². The van der Waals surface area contributed by atoms with E-state index in [4.69, 9.17) is 46.4 Å². The van der Waals surface area contributed by atoms with Crippen molar-refractivity contribution in [1.29, 1.82) is 0 Å². The van der Waals surface area contributed by atoms with Crippen LogP contribution < -0.4 is 0 Å². The van der Waals surface area contributed by atoms with E-state index in [9.17, 15) is 0 Å². The lowest BCUT2D eigenvalue weighted by Crippen LogP contribution is -2.17. The molecule has 0 fully saturated rings. The van der Waals surface area contributed by atoms with Crippen LogP contribution in [0.5, 0.6) is 0 Å². The van der Waals surface area contributed by atoms with Gasteiger partial charge >= 0.3 is 0 Å². The van der Waals surface area contributed by atoms with Crippen LogP contribution in [0.3, 0.4) is 0 Å². The topological polar surface area (TPSA) is 0 Å². The molecule has 0 saturated heterocycles. The summed E-state index contributed by atoms with van der Waals surface area (Å²) < 4.78 is 0. The van der Waals surface area contributed by atoms with Crippen molar-refractivity contribution in [3.05, 3.63) is 23.5 Å². The minimum Gasteiger partial charge on any atom is -0.0975 e. The Hall–Kier alpha value is 1.16. The van der Waals surface area contributed by atoms with Crippen LogP contribution >= 0.6 is 46.4 Å². The first-order valence-corrected chi connectivity index (χ1v) is 3.47. The Labute approximate surface area is 75.4 Å². The third kappa shape index (κ3) is 2.71. The van der Waals surface area contributed by atoms with Gasteiger partial charge in [-0.3, -0.25) is 0 Å². The summed E-state index contributed by atoms with van der Waals surface area (Å²) in [6, 6.07) is 0. The Balaban J connectivity index is 4.01. The number of hydrogen-bond acceptors (Lipinski definition) is 0. The molecular weight excluding hydrogens is 202 g/mol. The van der Waals surface area contributed by atoms with E-state index < -0.39 is 5.41 Å². The number of hydrogen-bond donors (Lipinski definition) is 0. The second-order valence-electron chi connectivity index (χ2n) is 1.60. The quantitative estimate of drug-likeness (QED) is 0.647. The summed E-state index contributed by atoms with van der Waals surface area (Å²) in [5.41, 5.74) is -1.10. The minimum atomic E-state index is -1.10. The lowest BCUT2D eigenvalue weighted by Gasteiger charge is -2.24. The highest BCUT2D eigenvalue weighted by Crippen LogP contribution is 2.46. The van der Waals surface area contributed by atoms with Gasteiger partial charge in [0.2, 0.25) is 0 Å². The van der Waals surface area contributed by atoms with Crippen LogP contribution in [0.25, 0.3) is 0 Å². The summed E-state index contributed by atoms with van der Waals surface area (Å²) in [4.78, 5) is -0.106. The first kappa shape index (κ1) is 10.2. The molecule has 0 aromatic rings. The first-order chi connectivity index (χ1) is 3.89. The van der Waals surface area contributed by atoms with Gasteiger partial charge in [-0.2, -0.15) is 0 Å². The molecule has 0 aromatic heterocycles. The zero-order valence-electron chi connectivity index (χ0n) is 4.43. The van der Waals surface area contributed by atoms with Crippen molar-refractivity contribution >= 4 is 46.4 Å². The molecule has 0 bridgehead atoms. The van der Waals surface area contributed by atoms with Gasteiger partial charge in [0, 0.05) is 5.41 Å². The van der Waals surface area contributed by atoms with Gasteiger partial charge in [-0.25, -0.2) is 0 Å². The summed E-state index contributed by atoms with van der Waals surface area (Å²) in [5, 5.41) is 0. The Kier molecular flexibility index (Phi) is 3.98. The van der Waals surface area contributed by atoms with Crippen molar-refractivity contribution in [2.24, 2.45) is 5.41 Å². The molecule has 0 amide bonds. The van der Waals surface area contributed by atoms with Crippen molar-refractivity contribution in [3.63, 3.8) is 0 Å². The van der Waals surface area contributed by atoms with Gasteiger partial charge in [-0.1, -0.05) is 46.4 Å². The summed E-state index contributed by atoms with van der Waals surface area (Å²) in [6.45, 7) is 6.91. The van der Waals surface area contributed by atoms with E-state index in [0.29, 0.717) is 0 Å². The predicted molar refractivity (Wildman–Crippen MR) is 43.0 cm³/mol. The monoisotopic (exact) mass is 204 g/mol. The van der Waals surface area contributed by atoms with Gasteiger partial charge in [0.05, 0.1) is 0 Å². The normalized spacial score (nSPS) is 13.3. The molecule has 0 aliphatic rings. The van der Waals surface area contributed by atoms with E-state index >= 15 is 0 Å². The van der Waals surface area contributed by atoms with E-state index in [0.717, 1.165) is 0 Å². The molecule has 0 unspecified atom stereocenters. The molecule has 4 radical (unpaired) electrons. The summed E-state index contributed by atoms with van der Waals surface area (Å²) >= 11 is 21.3. The zero-order chi connectivity index (χ0) is 7.65. The average molecular weight is 206 g/mol. The summed E-state index contributed by atoms with van der Waals surface area (Å²) in [5.74, 6) is 0. The fourth-order valence-electron chi connectivity index (χ4n) is 0.0714. The van der Waals surface area contributed by atoms with Crippen LogP contribution in [0.4, 0.5) is 0 Å². The van der Waals surface area contributed by atoms with Crippen LogP contribution in [0.2, 0.25) is 0 Å². The number of halogens is 4. The molecule has 0 aliphatic carbocycles. The van der Waals surface area contributed by atoms with Crippen molar-refractivity contribution in [1.82, 2.24) is 0 Å². The van der Waals surface area contributed by atoms with Gasteiger partial charge < -0.3 is 0 Å². The Morgan fingerprint density at radius 1 is 0.889 bits per heavy atom. The second-order valence-corrected chi connectivity index (χ2v) is 3.50. The lowest BCUT2D eigenvalue weighted by atomic mass is 9.99. The van der Waals surface area contributed by atoms with E-state index in [-0.39, 0.29) is 9.67 Å². The molecule has 0 atom stereocenters. The highest BCUT2D eigenvalue weighted by atomic mass is 35.5. The molecule has 0 rings (SSSR count). The SMILES string of the molecule is [CH2]C([CH2])([C](Cl)Cl)[C](Cl)Cl. The first-order valence-electron chi connectivity index (χ1n) is 1.96. The maximum atomic E-state index is 5.33. The summed E-state index contributed by atoms with van der Waals surface area (Å²) in [6.07, 6.45) is 0. The summed E-state index contributed by atoms with van der Waals surface area (Å²) in [7, 11) is 0. The third-order valence-electron chi connectivity index (χ3n) is 0.724. The van der Waals surface area contributed by atoms with Crippen LogP contribution in [0, 0.1) is 28.9 Å². The van der Waals surface area contributed by atoms with Gasteiger partial charge in [-0.05, 0) is 13.8 Å². The largest absolute Gasteiger partial charge is 0.160 e. The molecule has 52 valence electrons. The maximum absolute atomic E-state index is 5.33. The maximum Gasteiger partial charge on any atom is 0.160 e. The van der Waals surface area contributed by atoms with Crippen LogP contribution in [-0.4, -0.2) is 0 Å². The van der Waals surface area contributed by atoms with Crippen LogP contribution in [-0.2, 0) is 0 Å². The molecular formula is C5H4Cl4. The van der Waals surface area contributed by atoms with Crippen molar-refractivity contribution in [2.45, 2.75) is 0 Å². The Morgan fingerprint density at radius 2 is 1.11 bits per heavy atom. The molecule has 0 nitrogen and oxygen atoms in total. The predicted octanol–water partition coefficient (Wildman–Crippen LogP) is 3.58. The minimum absolute atomic E-state index is 0.0532. The van der Waals surface area contributed by atoms with E-state index in [1.165, 1.54) is 0 Å². The fraction of sp³-hybridized carbons (Fsp3) is 0.200. The highest BCUT2D eigenvalue weighted by molar-refractivity contribution is 6.58. The standard InChI is InChI=1S/C5H4Cl4/c1-5(2,3(6)7)4(8)9/h1-2H2. The molecule has 0 heterocycles. The molecule has 0 N–H and O–H groups in total. The second kappa shape index (κ2) is 3.52. The zero-order valence-corrected chi connectivity index (χ0v) is 7.45. The van der Waals surface area contributed by atoms with Crippen LogP contribution in [0.15, 0.2) is 0 Å².